The number of hydrogen-bond donors (Lipinski definition) is 3. The van der Waals surface area contributed by atoms with Gasteiger partial charge in [0.15, 0.2) is 5.82 Å². The van der Waals surface area contributed by atoms with Gasteiger partial charge in [-0.05, 0) is 37.5 Å². The monoisotopic (exact) mass is 489 g/mol. The molecule has 5 rings (SSSR count). The molecule has 1 saturated carbocycles. The number of benzene rings is 1. The number of aromatic amines is 2. The first-order chi connectivity index (χ1) is 16.4. The number of carbonyl (C=O) groups excluding carboxylic acids is 1. The Balaban J connectivity index is 1.33. The topological polar surface area (TPSA) is 146 Å². The molecule has 0 unspecified atom stereocenters. The minimum absolute atomic E-state index is 0.229. The van der Waals surface area contributed by atoms with Crippen molar-refractivity contribution in [2.75, 3.05) is 37.4 Å². The molecule has 34 heavy (non-hydrogen) atoms. The van der Waals surface area contributed by atoms with Crippen LogP contribution < -0.4 is 5.32 Å². The number of hydrogen-bond acceptors (Lipinski definition) is 8. The van der Waals surface area contributed by atoms with Gasteiger partial charge >= 0.3 is 6.03 Å². The summed E-state index contributed by atoms with van der Waals surface area (Å²) in [5, 5.41) is 10.5. The minimum atomic E-state index is -3.83. The number of fused-ring (bicyclic) bond motifs is 1. The SMILES string of the molecule is CCS(=O)(=O)ON(C(=O)Nc1cn[nH]c1-c1nc2ccc(CN3CCOCC3)cc2[nH]1)C1CC1. The number of ether oxygens (including phenoxy) is 1. The number of anilines is 1. The van der Waals surface area contributed by atoms with Crippen LogP contribution in [0, 0.1) is 0 Å². The lowest BCUT2D eigenvalue weighted by Gasteiger charge is -2.26. The lowest BCUT2D eigenvalue weighted by molar-refractivity contribution is -0.00721. The third-order valence-corrected chi connectivity index (χ3v) is 6.89. The number of imidazole rings is 1. The van der Waals surface area contributed by atoms with Gasteiger partial charge in [0.2, 0.25) is 0 Å². The highest BCUT2D eigenvalue weighted by Gasteiger charge is 2.37. The van der Waals surface area contributed by atoms with Crippen LogP contribution in [0.1, 0.15) is 25.3 Å². The molecule has 0 radical (unpaired) electrons. The molecule has 2 fully saturated rings. The summed E-state index contributed by atoms with van der Waals surface area (Å²) in [5.41, 5.74) is 3.65. The molecule has 13 heteroatoms. The summed E-state index contributed by atoms with van der Waals surface area (Å²) in [6.45, 7) is 5.60. The van der Waals surface area contributed by atoms with Crippen molar-refractivity contribution < 1.29 is 22.2 Å². The average molecular weight is 490 g/mol. The molecule has 3 N–H and O–H groups in total. The second-order valence-electron chi connectivity index (χ2n) is 8.39. The van der Waals surface area contributed by atoms with E-state index in [1.807, 2.05) is 6.07 Å². The molecule has 3 aromatic rings. The second kappa shape index (κ2) is 9.33. The number of aromatic nitrogens is 4. The molecule has 3 heterocycles. The number of nitrogens with one attached hydrogen (secondary N) is 3. The van der Waals surface area contributed by atoms with E-state index >= 15 is 0 Å². The molecule has 1 aliphatic carbocycles. The number of amides is 2. The molecule has 12 nitrogen and oxygen atoms in total. The quantitative estimate of drug-likeness (QED) is 0.408. The molecule has 1 aliphatic heterocycles. The zero-order valence-corrected chi connectivity index (χ0v) is 19.6. The first-order valence-corrected chi connectivity index (χ1v) is 12.8. The number of morpholine rings is 1. The smallest absolute Gasteiger partial charge is 0.347 e. The fourth-order valence-corrected chi connectivity index (χ4v) is 4.31. The van der Waals surface area contributed by atoms with Gasteiger partial charge in [0.1, 0.15) is 5.69 Å². The molecule has 2 aliphatic rings. The van der Waals surface area contributed by atoms with Crippen LogP contribution in [0.2, 0.25) is 0 Å². The van der Waals surface area contributed by atoms with Crippen molar-refractivity contribution in [1.82, 2.24) is 30.1 Å². The summed E-state index contributed by atoms with van der Waals surface area (Å²) in [5.74, 6) is 0.277. The summed E-state index contributed by atoms with van der Waals surface area (Å²) in [6.07, 6.45) is 2.81. The summed E-state index contributed by atoms with van der Waals surface area (Å²) >= 11 is 0. The van der Waals surface area contributed by atoms with Crippen LogP contribution in [0.25, 0.3) is 22.6 Å². The molecule has 1 saturated heterocycles. The number of H-pyrrole nitrogens is 2. The Hall–Kier alpha value is -3.00. The van der Waals surface area contributed by atoms with E-state index < -0.39 is 16.1 Å². The molecule has 182 valence electrons. The Morgan fingerprint density at radius 2 is 2.12 bits per heavy atom. The molecular formula is C21H27N7O5S. The van der Waals surface area contributed by atoms with E-state index in [1.54, 1.807) is 0 Å². The maximum atomic E-state index is 12.8. The van der Waals surface area contributed by atoms with Crippen molar-refractivity contribution in [2.24, 2.45) is 0 Å². The maximum absolute atomic E-state index is 12.8. The number of urea groups is 1. The second-order valence-corrected chi connectivity index (χ2v) is 10.2. The van der Waals surface area contributed by atoms with Gasteiger partial charge in [0.25, 0.3) is 10.1 Å². The lowest BCUT2D eigenvalue weighted by atomic mass is 10.2. The van der Waals surface area contributed by atoms with Crippen molar-refractivity contribution in [3.8, 4) is 11.5 Å². The highest BCUT2D eigenvalue weighted by Crippen LogP contribution is 2.30. The van der Waals surface area contributed by atoms with E-state index in [0.717, 1.165) is 54.5 Å². The molecule has 2 aromatic heterocycles. The van der Waals surface area contributed by atoms with Gasteiger partial charge in [-0.1, -0.05) is 6.07 Å². The van der Waals surface area contributed by atoms with Gasteiger partial charge in [-0.3, -0.25) is 10.00 Å². The third-order valence-electron chi connectivity index (χ3n) is 5.80. The number of rotatable bonds is 8. The lowest BCUT2D eigenvalue weighted by Crippen LogP contribution is -2.39. The zero-order chi connectivity index (χ0) is 23.7. The van der Waals surface area contributed by atoms with Gasteiger partial charge < -0.3 is 15.0 Å². The molecule has 0 atom stereocenters. The van der Waals surface area contributed by atoms with E-state index in [2.05, 4.69) is 42.5 Å². The van der Waals surface area contributed by atoms with Gasteiger partial charge in [0, 0.05) is 19.6 Å². The van der Waals surface area contributed by atoms with Crippen molar-refractivity contribution in [1.29, 1.82) is 0 Å². The van der Waals surface area contributed by atoms with Crippen LogP contribution in [0.15, 0.2) is 24.4 Å². The Bertz CT molecular complexity index is 1280. The fourth-order valence-electron chi connectivity index (χ4n) is 3.77. The Morgan fingerprint density at radius 1 is 1.32 bits per heavy atom. The van der Waals surface area contributed by atoms with E-state index in [4.69, 9.17) is 9.02 Å². The minimum Gasteiger partial charge on any atom is -0.379 e. The summed E-state index contributed by atoms with van der Waals surface area (Å²) < 4.78 is 34.2. The van der Waals surface area contributed by atoms with Gasteiger partial charge in [-0.2, -0.15) is 18.6 Å². The van der Waals surface area contributed by atoms with E-state index in [-0.39, 0.29) is 11.8 Å². The van der Waals surface area contributed by atoms with E-state index in [1.165, 1.54) is 13.1 Å². The molecule has 1 aromatic carbocycles. The summed E-state index contributed by atoms with van der Waals surface area (Å²) in [4.78, 5) is 23.1. The van der Waals surface area contributed by atoms with Crippen LogP contribution in [-0.4, -0.2) is 82.7 Å². The first kappa shape index (κ1) is 22.8. The molecule has 2 amide bonds. The molecule has 0 bridgehead atoms. The summed E-state index contributed by atoms with van der Waals surface area (Å²) in [6, 6.07) is 5.13. The normalized spacial score (nSPS) is 17.2. The number of carbonyl (C=O) groups is 1. The van der Waals surface area contributed by atoms with Crippen LogP contribution >= 0.6 is 0 Å². The predicted octanol–water partition coefficient (Wildman–Crippen LogP) is 2.06. The Kier molecular flexibility index (Phi) is 6.25. The standard InChI is InChI=1S/C21H27N7O5S/c1-2-34(30,31)33-28(15-4-5-15)21(29)25-18-12-22-26-19(18)20-23-16-6-3-14(11-17(16)24-20)13-27-7-9-32-10-8-27/h3,6,11-12,15H,2,4-5,7-10,13H2,1H3,(H,22,26)(H,23,24)(H,25,29). The summed E-state index contributed by atoms with van der Waals surface area (Å²) in [7, 11) is -3.83. The van der Waals surface area contributed by atoms with Crippen molar-refractivity contribution in [3.05, 3.63) is 30.0 Å². The first-order valence-electron chi connectivity index (χ1n) is 11.3. The predicted molar refractivity (Wildman–Crippen MR) is 124 cm³/mol. The van der Waals surface area contributed by atoms with Crippen LogP contribution in [-0.2, 0) is 25.7 Å². The zero-order valence-electron chi connectivity index (χ0n) is 18.8. The maximum Gasteiger partial charge on any atom is 0.347 e. The number of hydroxylamine groups is 2. The largest absolute Gasteiger partial charge is 0.379 e. The van der Waals surface area contributed by atoms with Crippen molar-refractivity contribution >= 4 is 32.9 Å². The van der Waals surface area contributed by atoms with Gasteiger partial charge in [0.05, 0.1) is 47.9 Å². The molecular weight excluding hydrogens is 462 g/mol. The van der Waals surface area contributed by atoms with Gasteiger partial charge in [-0.25, -0.2) is 9.78 Å². The van der Waals surface area contributed by atoms with E-state index in [9.17, 15) is 13.2 Å². The van der Waals surface area contributed by atoms with Gasteiger partial charge in [-0.15, -0.1) is 4.28 Å². The average Bonchev–Trinajstić information content (AvgIpc) is 3.42. The van der Waals surface area contributed by atoms with E-state index in [0.29, 0.717) is 30.0 Å². The van der Waals surface area contributed by atoms with Crippen LogP contribution in [0.4, 0.5) is 10.5 Å². The van der Waals surface area contributed by atoms with Crippen LogP contribution in [0.3, 0.4) is 0 Å². The Morgan fingerprint density at radius 3 is 2.85 bits per heavy atom. The molecule has 0 spiro atoms. The highest BCUT2D eigenvalue weighted by molar-refractivity contribution is 7.86. The third kappa shape index (κ3) is 5.06. The highest BCUT2D eigenvalue weighted by atomic mass is 32.2. The fraction of sp³-hybridized carbons (Fsp3) is 0.476. The van der Waals surface area contributed by atoms with Crippen molar-refractivity contribution in [2.45, 2.75) is 32.4 Å². The Labute approximate surface area is 196 Å². The van der Waals surface area contributed by atoms with Crippen LogP contribution in [0.5, 0.6) is 0 Å². The number of nitrogens with zero attached hydrogens (tertiary/aromatic N) is 4. The van der Waals surface area contributed by atoms with Crippen molar-refractivity contribution in [3.63, 3.8) is 0 Å².